The summed E-state index contributed by atoms with van der Waals surface area (Å²) in [5.74, 6) is -2.16. The molecule has 2 N–H and O–H groups in total. The molecule has 0 bridgehead atoms. The summed E-state index contributed by atoms with van der Waals surface area (Å²) in [7, 11) is 1.30. The molecule has 1 aromatic heterocycles. The summed E-state index contributed by atoms with van der Waals surface area (Å²) in [4.78, 5) is 40.9. The first-order chi connectivity index (χ1) is 16.0. The molecule has 1 fully saturated rings. The van der Waals surface area contributed by atoms with Crippen molar-refractivity contribution < 1.29 is 38.3 Å². The van der Waals surface area contributed by atoms with E-state index in [4.69, 9.17) is 13.9 Å². The van der Waals surface area contributed by atoms with Gasteiger partial charge in [0.1, 0.15) is 13.1 Å². The summed E-state index contributed by atoms with van der Waals surface area (Å²) in [6.45, 7) is 4.49. The van der Waals surface area contributed by atoms with Crippen LogP contribution in [-0.2, 0) is 14.3 Å². The van der Waals surface area contributed by atoms with E-state index in [0.717, 1.165) is 32.8 Å². The molecule has 0 radical (unpaired) electrons. The third-order valence-electron chi connectivity index (χ3n) is 6.07. The third-order valence-corrected chi connectivity index (χ3v) is 6.07. The van der Waals surface area contributed by atoms with Crippen LogP contribution in [0.2, 0.25) is 0 Å². The zero-order chi connectivity index (χ0) is 23.4. The van der Waals surface area contributed by atoms with Crippen molar-refractivity contribution in [3.05, 3.63) is 70.9 Å². The van der Waals surface area contributed by atoms with Gasteiger partial charge in [-0.1, -0.05) is 12.1 Å². The van der Waals surface area contributed by atoms with Gasteiger partial charge in [-0.05, 0) is 29.8 Å². The molecule has 3 heterocycles. The summed E-state index contributed by atoms with van der Waals surface area (Å²) in [5.41, 5.74) is 0.924. The number of esters is 1. The minimum Gasteiger partial charge on any atom is -0.503 e. The number of aliphatic hydroxyl groups excluding tert-OH is 1. The normalized spacial score (nSPS) is 19.2. The predicted molar refractivity (Wildman–Crippen MR) is 116 cm³/mol. The molecule has 2 aliphatic heterocycles. The maximum absolute atomic E-state index is 13.2. The van der Waals surface area contributed by atoms with E-state index in [1.165, 1.54) is 29.2 Å². The van der Waals surface area contributed by atoms with Crippen LogP contribution in [-0.4, -0.2) is 74.2 Å². The van der Waals surface area contributed by atoms with E-state index in [1.54, 1.807) is 30.3 Å². The van der Waals surface area contributed by atoms with E-state index in [9.17, 15) is 19.5 Å². The minimum atomic E-state index is -0.790. The zero-order valence-corrected chi connectivity index (χ0v) is 18.4. The number of ketones is 1. The Balaban J connectivity index is 1.61. The molecule has 1 amide bonds. The van der Waals surface area contributed by atoms with Crippen molar-refractivity contribution in [1.82, 2.24) is 4.90 Å². The second-order valence-corrected chi connectivity index (χ2v) is 8.05. The fraction of sp³-hybridized carbons (Fsp3) is 0.375. The fourth-order valence-corrected chi connectivity index (χ4v) is 4.33. The van der Waals surface area contributed by atoms with Crippen LogP contribution < -0.4 is 4.90 Å². The first kappa shape index (κ1) is 22.8. The number of nitrogens with one attached hydrogen (secondary N) is 1. The molecule has 174 valence electrons. The first-order valence-electron chi connectivity index (χ1n) is 10.9. The van der Waals surface area contributed by atoms with E-state index in [1.807, 2.05) is 0 Å². The molecule has 9 heteroatoms. The molecular formula is C24H27N2O7+. The van der Waals surface area contributed by atoms with Crippen molar-refractivity contribution in [3.8, 4) is 0 Å². The average molecular weight is 455 g/mol. The van der Waals surface area contributed by atoms with E-state index < -0.39 is 29.5 Å². The minimum absolute atomic E-state index is 0.0283. The average Bonchev–Trinajstić information content (AvgIpc) is 3.47. The van der Waals surface area contributed by atoms with Gasteiger partial charge in [0.05, 0.1) is 50.3 Å². The summed E-state index contributed by atoms with van der Waals surface area (Å²) in [6.07, 6.45) is 2.07. The standard InChI is InChI=1S/C24H26N2O7/c1-31-24(30)17-7-5-16(6-8-17)20-19(21(27)18-4-2-13-33-18)22(28)23(29)26(20)10-3-9-25-11-14-32-15-12-25/h2,4-8,13,20,28H,3,9-12,14-15H2,1H3/p+1/t20-/m0/s1. The predicted octanol–water partition coefficient (Wildman–Crippen LogP) is 0.950. The lowest BCUT2D eigenvalue weighted by atomic mass is 9.94. The zero-order valence-electron chi connectivity index (χ0n) is 18.4. The highest BCUT2D eigenvalue weighted by Gasteiger charge is 2.44. The molecule has 4 rings (SSSR count). The van der Waals surface area contributed by atoms with Crippen molar-refractivity contribution >= 4 is 17.7 Å². The van der Waals surface area contributed by atoms with Gasteiger partial charge in [-0.3, -0.25) is 9.59 Å². The van der Waals surface area contributed by atoms with Gasteiger partial charge in [0.15, 0.2) is 11.5 Å². The Hall–Kier alpha value is -3.43. The molecule has 2 aliphatic rings. The lowest BCUT2D eigenvalue weighted by molar-refractivity contribution is -0.908. The lowest BCUT2D eigenvalue weighted by Crippen LogP contribution is -3.14. The molecule has 1 atom stereocenters. The van der Waals surface area contributed by atoms with Gasteiger partial charge in [-0.2, -0.15) is 0 Å². The molecule has 0 aliphatic carbocycles. The summed E-state index contributed by atoms with van der Waals surface area (Å²) >= 11 is 0. The number of Topliss-reactive ketones (excluding diaryl/α,β-unsaturated/α-hetero) is 1. The van der Waals surface area contributed by atoms with E-state index in [0.29, 0.717) is 24.1 Å². The SMILES string of the molecule is COC(=O)c1ccc([C@H]2C(C(=O)c3ccco3)=C(O)C(=O)N2CCC[NH+]2CCOCC2)cc1. The van der Waals surface area contributed by atoms with Crippen molar-refractivity contribution in [2.24, 2.45) is 0 Å². The smallest absolute Gasteiger partial charge is 0.337 e. The van der Waals surface area contributed by atoms with Gasteiger partial charge in [-0.25, -0.2) is 4.79 Å². The number of benzene rings is 1. The maximum atomic E-state index is 13.2. The van der Waals surface area contributed by atoms with Gasteiger partial charge in [-0.15, -0.1) is 0 Å². The highest BCUT2D eigenvalue weighted by atomic mass is 16.5. The van der Waals surface area contributed by atoms with Crippen LogP contribution in [0.5, 0.6) is 0 Å². The number of furan rings is 1. The highest BCUT2D eigenvalue weighted by Crippen LogP contribution is 2.39. The monoisotopic (exact) mass is 455 g/mol. The Labute approximate surface area is 191 Å². The van der Waals surface area contributed by atoms with E-state index in [-0.39, 0.29) is 11.3 Å². The molecular weight excluding hydrogens is 428 g/mol. The van der Waals surface area contributed by atoms with Crippen molar-refractivity contribution in [2.75, 3.05) is 46.5 Å². The molecule has 0 unspecified atom stereocenters. The number of ether oxygens (including phenoxy) is 2. The number of rotatable bonds is 8. The topological polar surface area (TPSA) is 111 Å². The van der Waals surface area contributed by atoms with Gasteiger partial charge < -0.3 is 28.8 Å². The number of carbonyl (C=O) groups is 3. The number of nitrogens with zero attached hydrogens (tertiary/aromatic N) is 1. The molecule has 1 saturated heterocycles. The van der Waals surface area contributed by atoms with Gasteiger partial charge in [0.25, 0.3) is 5.91 Å². The quantitative estimate of drug-likeness (QED) is 0.450. The lowest BCUT2D eigenvalue weighted by Gasteiger charge is -2.28. The third kappa shape index (κ3) is 4.69. The number of methoxy groups -OCH3 is 1. The van der Waals surface area contributed by atoms with Crippen LogP contribution >= 0.6 is 0 Å². The Morgan fingerprint density at radius 2 is 1.91 bits per heavy atom. The molecule has 0 spiro atoms. The van der Waals surface area contributed by atoms with E-state index in [2.05, 4.69) is 0 Å². The Bertz CT molecular complexity index is 1040. The Morgan fingerprint density at radius 3 is 2.55 bits per heavy atom. The maximum Gasteiger partial charge on any atom is 0.337 e. The number of amides is 1. The number of hydrogen-bond acceptors (Lipinski definition) is 7. The summed E-state index contributed by atoms with van der Waals surface area (Å²) in [5, 5.41) is 10.7. The van der Waals surface area contributed by atoms with E-state index >= 15 is 0 Å². The second-order valence-electron chi connectivity index (χ2n) is 8.05. The highest BCUT2D eigenvalue weighted by molar-refractivity contribution is 6.15. The van der Waals surface area contributed by atoms with Crippen molar-refractivity contribution in [2.45, 2.75) is 12.5 Å². The van der Waals surface area contributed by atoms with Crippen LogP contribution in [0, 0.1) is 0 Å². The number of carbonyl (C=O) groups excluding carboxylic acids is 3. The second kappa shape index (κ2) is 10.0. The number of morpholine rings is 1. The van der Waals surface area contributed by atoms with Gasteiger partial charge in [0.2, 0.25) is 5.78 Å². The summed E-state index contributed by atoms with van der Waals surface area (Å²) in [6, 6.07) is 8.76. The first-order valence-corrected chi connectivity index (χ1v) is 10.9. The van der Waals surface area contributed by atoms with Crippen LogP contribution in [0.25, 0.3) is 0 Å². The number of hydrogen-bond donors (Lipinski definition) is 2. The molecule has 9 nitrogen and oxygen atoms in total. The van der Waals surface area contributed by atoms with Gasteiger partial charge >= 0.3 is 5.97 Å². The number of aliphatic hydroxyl groups is 1. The van der Waals surface area contributed by atoms with Crippen molar-refractivity contribution in [3.63, 3.8) is 0 Å². The molecule has 33 heavy (non-hydrogen) atoms. The molecule has 0 saturated carbocycles. The van der Waals surface area contributed by atoms with Crippen LogP contribution in [0.15, 0.2) is 58.4 Å². The van der Waals surface area contributed by atoms with Crippen LogP contribution in [0.1, 0.15) is 38.9 Å². The van der Waals surface area contributed by atoms with Crippen molar-refractivity contribution in [1.29, 1.82) is 0 Å². The summed E-state index contributed by atoms with van der Waals surface area (Å²) < 4.78 is 15.4. The molecule has 1 aromatic carbocycles. The fourth-order valence-electron chi connectivity index (χ4n) is 4.33. The van der Waals surface area contributed by atoms with Crippen LogP contribution in [0.4, 0.5) is 0 Å². The Kier molecular flexibility index (Phi) is 6.90. The molecule has 2 aromatic rings. The van der Waals surface area contributed by atoms with Crippen LogP contribution in [0.3, 0.4) is 0 Å². The van der Waals surface area contributed by atoms with Gasteiger partial charge in [0, 0.05) is 13.0 Å². The number of quaternary nitrogens is 1. The largest absolute Gasteiger partial charge is 0.503 e. The Morgan fingerprint density at radius 1 is 1.18 bits per heavy atom.